The minimum Gasteiger partial charge on any atom is -0.271 e. The van der Waals surface area contributed by atoms with Crippen molar-refractivity contribution >= 4 is 10.0 Å². The second kappa shape index (κ2) is 5.38. The molecule has 108 valence electrons. The first-order chi connectivity index (χ1) is 9.32. The fourth-order valence-electron chi connectivity index (χ4n) is 2.13. The molecule has 0 aliphatic rings. The second-order valence-electron chi connectivity index (χ2n) is 4.98. The largest absolute Gasteiger partial charge is 0.271 e. The van der Waals surface area contributed by atoms with Gasteiger partial charge in [-0.15, -0.1) is 0 Å². The van der Waals surface area contributed by atoms with Crippen LogP contribution in [0.25, 0.3) is 0 Å². The Labute approximate surface area is 119 Å². The first-order valence-corrected chi connectivity index (χ1v) is 7.77. The molecule has 0 aliphatic heterocycles. The lowest BCUT2D eigenvalue weighted by atomic mass is 10.2. The summed E-state index contributed by atoms with van der Waals surface area (Å²) in [5.41, 5.74) is 2.67. The van der Waals surface area contributed by atoms with Gasteiger partial charge in [0.1, 0.15) is 0 Å². The van der Waals surface area contributed by atoms with E-state index in [4.69, 9.17) is 0 Å². The third-order valence-corrected chi connectivity index (χ3v) is 5.29. The zero-order valence-electron chi connectivity index (χ0n) is 12.2. The summed E-state index contributed by atoms with van der Waals surface area (Å²) in [6.07, 6.45) is 1.66. The minimum absolute atomic E-state index is 0.298. The highest BCUT2D eigenvalue weighted by atomic mass is 32.2. The molecule has 5 nitrogen and oxygen atoms in total. The Kier molecular flexibility index (Phi) is 3.96. The lowest BCUT2D eigenvalue weighted by molar-refractivity contribution is 0.452. The monoisotopic (exact) mass is 293 g/mol. The summed E-state index contributed by atoms with van der Waals surface area (Å²) in [5, 5.41) is 4.05. The van der Waals surface area contributed by atoms with E-state index in [-0.39, 0.29) is 0 Å². The summed E-state index contributed by atoms with van der Waals surface area (Å²) >= 11 is 0. The van der Waals surface area contributed by atoms with Crippen LogP contribution in [0, 0.1) is 13.8 Å². The number of hydrogen-bond donors (Lipinski definition) is 0. The molecule has 0 fully saturated rings. The number of benzene rings is 1. The molecule has 0 bridgehead atoms. The maximum Gasteiger partial charge on any atom is 0.243 e. The molecule has 0 spiro atoms. The van der Waals surface area contributed by atoms with E-state index < -0.39 is 10.0 Å². The van der Waals surface area contributed by atoms with E-state index in [1.54, 1.807) is 31.0 Å². The zero-order valence-corrected chi connectivity index (χ0v) is 13.0. The summed E-state index contributed by atoms with van der Waals surface area (Å²) < 4.78 is 28.2. The Morgan fingerprint density at radius 2 is 1.95 bits per heavy atom. The summed E-state index contributed by atoms with van der Waals surface area (Å²) in [6.45, 7) is 4.06. The normalized spacial score (nSPS) is 12.1. The molecule has 0 N–H and O–H groups in total. The standard InChI is InChI=1S/C14H19N3O2S/c1-11-5-6-14(12(2)9-11)20(18,19)16(3)10-13-7-8-15-17(13)4/h5-9H,10H2,1-4H3. The fraction of sp³-hybridized carbons (Fsp3) is 0.357. The van der Waals surface area contributed by atoms with E-state index >= 15 is 0 Å². The van der Waals surface area contributed by atoms with Gasteiger partial charge in [0.05, 0.1) is 17.1 Å². The Morgan fingerprint density at radius 1 is 1.25 bits per heavy atom. The highest BCUT2D eigenvalue weighted by molar-refractivity contribution is 7.89. The van der Waals surface area contributed by atoms with Crippen LogP contribution in [0.4, 0.5) is 0 Å². The number of hydrogen-bond acceptors (Lipinski definition) is 3. The van der Waals surface area contributed by atoms with Gasteiger partial charge in [0.2, 0.25) is 10.0 Å². The Morgan fingerprint density at radius 3 is 2.50 bits per heavy atom. The lowest BCUT2D eigenvalue weighted by Gasteiger charge is -2.18. The van der Waals surface area contributed by atoms with Gasteiger partial charge in [-0.1, -0.05) is 17.7 Å². The molecule has 0 saturated carbocycles. The van der Waals surface area contributed by atoms with Gasteiger partial charge in [0, 0.05) is 20.3 Å². The zero-order chi connectivity index (χ0) is 14.9. The van der Waals surface area contributed by atoms with Crippen LogP contribution in [0.15, 0.2) is 35.4 Å². The van der Waals surface area contributed by atoms with Gasteiger partial charge in [0.25, 0.3) is 0 Å². The van der Waals surface area contributed by atoms with Crippen LogP contribution in [0.5, 0.6) is 0 Å². The Balaban J connectivity index is 2.32. The predicted molar refractivity (Wildman–Crippen MR) is 77.8 cm³/mol. The Hall–Kier alpha value is -1.66. The van der Waals surface area contributed by atoms with Crippen molar-refractivity contribution in [2.75, 3.05) is 7.05 Å². The van der Waals surface area contributed by atoms with Crippen LogP contribution >= 0.6 is 0 Å². The smallest absolute Gasteiger partial charge is 0.243 e. The molecule has 20 heavy (non-hydrogen) atoms. The molecule has 0 radical (unpaired) electrons. The SMILES string of the molecule is Cc1ccc(S(=O)(=O)N(C)Cc2ccnn2C)c(C)c1. The molecule has 2 aromatic rings. The van der Waals surface area contributed by atoms with Crippen molar-refractivity contribution in [1.29, 1.82) is 0 Å². The van der Waals surface area contributed by atoms with Gasteiger partial charge in [-0.2, -0.15) is 9.40 Å². The topological polar surface area (TPSA) is 55.2 Å². The maximum absolute atomic E-state index is 12.6. The third-order valence-electron chi connectivity index (χ3n) is 3.33. The van der Waals surface area contributed by atoms with E-state index in [0.29, 0.717) is 11.4 Å². The average Bonchev–Trinajstić information content (AvgIpc) is 2.74. The molecule has 0 aliphatic carbocycles. The molecule has 0 amide bonds. The summed E-state index contributed by atoms with van der Waals surface area (Å²) in [7, 11) is -0.104. The Bertz CT molecular complexity index is 720. The first kappa shape index (κ1) is 14.7. The fourth-order valence-corrected chi connectivity index (χ4v) is 3.47. The molecule has 1 aromatic carbocycles. The lowest BCUT2D eigenvalue weighted by Crippen LogP contribution is -2.28. The summed E-state index contributed by atoms with van der Waals surface area (Å²) in [6, 6.07) is 7.18. The van der Waals surface area contributed by atoms with Gasteiger partial charge in [0.15, 0.2) is 0 Å². The molecular weight excluding hydrogens is 274 g/mol. The van der Waals surface area contributed by atoms with Gasteiger partial charge >= 0.3 is 0 Å². The molecule has 0 atom stereocenters. The summed E-state index contributed by atoms with van der Waals surface area (Å²) in [5.74, 6) is 0. The van der Waals surface area contributed by atoms with Crippen molar-refractivity contribution in [3.63, 3.8) is 0 Å². The predicted octanol–water partition coefficient (Wildman–Crippen LogP) is 1.86. The molecule has 1 aromatic heterocycles. The van der Waals surface area contributed by atoms with Crippen LogP contribution in [0.3, 0.4) is 0 Å². The van der Waals surface area contributed by atoms with Crippen LogP contribution in [0.1, 0.15) is 16.8 Å². The molecule has 0 saturated heterocycles. The maximum atomic E-state index is 12.6. The van der Waals surface area contributed by atoms with Gasteiger partial charge < -0.3 is 0 Å². The molecule has 2 rings (SSSR count). The number of aryl methyl sites for hydroxylation is 3. The van der Waals surface area contributed by atoms with Crippen molar-refractivity contribution in [1.82, 2.24) is 14.1 Å². The molecule has 6 heteroatoms. The second-order valence-corrected chi connectivity index (χ2v) is 6.99. The third kappa shape index (κ3) is 2.76. The molecule has 1 heterocycles. The quantitative estimate of drug-likeness (QED) is 0.864. The van der Waals surface area contributed by atoms with Crippen molar-refractivity contribution < 1.29 is 8.42 Å². The van der Waals surface area contributed by atoms with Crippen molar-refractivity contribution in [3.05, 3.63) is 47.3 Å². The number of sulfonamides is 1. The van der Waals surface area contributed by atoms with E-state index in [1.807, 2.05) is 32.0 Å². The van der Waals surface area contributed by atoms with E-state index in [9.17, 15) is 8.42 Å². The molecule has 0 unspecified atom stereocenters. The van der Waals surface area contributed by atoms with Crippen LogP contribution in [-0.4, -0.2) is 29.6 Å². The van der Waals surface area contributed by atoms with E-state index in [0.717, 1.165) is 16.8 Å². The molecular formula is C14H19N3O2S. The highest BCUT2D eigenvalue weighted by Gasteiger charge is 2.23. The number of nitrogens with zero attached hydrogens (tertiary/aromatic N) is 3. The number of aromatic nitrogens is 2. The van der Waals surface area contributed by atoms with Crippen molar-refractivity contribution in [2.24, 2.45) is 7.05 Å². The van der Waals surface area contributed by atoms with E-state index in [1.165, 1.54) is 4.31 Å². The minimum atomic E-state index is -3.49. The van der Waals surface area contributed by atoms with Crippen LogP contribution in [-0.2, 0) is 23.6 Å². The van der Waals surface area contributed by atoms with Crippen molar-refractivity contribution in [3.8, 4) is 0 Å². The van der Waals surface area contributed by atoms with Gasteiger partial charge in [-0.05, 0) is 31.5 Å². The van der Waals surface area contributed by atoms with Crippen molar-refractivity contribution in [2.45, 2.75) is 25.3 Å². The summed E-state index contributed by atoms with van der Waals surface area (Å²) in [4.78, 5) is 0.354. The highest BCUT2D eigenvalue weighted by Crippen LogP contribution is 2.21. The number of rotatable bonds is 4. The van der Waals surface area contributed by atoms with Gasteiger partial charge in [-0.25, -0.2) is 8.42 Å². The van der Waals surface area contributed by atoms with Gasteiger partial charge in [-0.3, -0.25) is 4.68 Å². The van der Waals surface area contributed by atoms with E-state index in [2.05, 4.69) is 5.10 Å². The average molecular weight is 293 g/mol. The first-order valence-electron chi connectivity index (χ1n) is 6.33. The van der Waals surface area contributed by atoms with Crippen LogP contribution < -0.4 is 0 Å². The van der Waals surface area contributed by atoms with Crippen LogP contribution in [0.2, 0.25) is 0 Å².